The molecular weight excluding hydrogens is 276 g/mol. The summed E-state index contributed by atoms with van der Waals surface area (Å²) in [6.07, 6.45) is 11.7. The maximum atomic E-state index is 11.9. The molecule has 0 spiro atoms. The van der Waals surface area contributed by atoms with E-state index in [0.29, 0.717) is 11.6 Å². The topological polar surface area (TPSA) is 52.1 Å². The zero-order valence-corrected chi connectivity index (χ0v) is 12.3. The number of allylic oxidation sites excluding steroid dienone is 1. The predicted molar refractivity (Wildman–Crippen MR) is 84.7 cm³/mol. The van der Waals surface area contributed by atoms with Gasteiger partial charge in [-0.3, -0.25) is 9.78 Å². The highest BCUT2D eigenvalue weighted by molar-refractivity contribution is 6.05. The van der Waals surface area contributed by atoms with Gasteiger partial charge < -0.3 is 4.74 Å². The fourth-order valence-electron chi connectivity index (χ4n) is 2.27. The van der Waals surface area contributed by atoms with Gasteiger partial charge in [-0.05, 0) is 42.5 Å². The first-order valence-electron chi connectivity index (χ1n) is 7.52. The lowest BCUT2D eigenvalue weighted by Gasteiger charge is -2.25. The molecule has 0 radical (unpaired) electrons. The molecule has 0 aliphatic heterocycles. The Morgan fingerprint density at radius 2 is 2.23 bits per heavy atom. The first-order valence-corrected chi connectivity index (χ1v) is 7.52. The second kappa shape index (κ2) is 6.98. The normalized spacial score (nSPS) is 14.7. The van der Waals surface area contributed by atoms with Gasteiger partial charge in [0.2, 0.25) is 5.78 Å². The van der Waals surface area contributed by atoms with Crippen LogP contribution >= 0.6 is 0 Å². The number of rotatable bonds is 6. The number of ketones is 1. The van der Waals surface area contributed by atoms with E-state index in [0.717, 1.165) is 17.9 Å². The SMILES string of the molecule is O=C(/C=C/c1cccc(OCC2CCC2)c1)c1cnccn1. The molecule has 1 heterocycles. The van der Waals surface area contributed by atoms with Crippen LogP contribution in [-0.4, -0.2) is 22.4 Å². The Morgan fingerprint density at radius 1 is 1.32 bits per heavy atom. The molecule has 0 N–H and O–H groups in total. The highest BCUT2D eigenvalue weighted by atomic mass is 16.5. The van der Waals surface area contributed by atoms with E-state index in [9.17, 15) is 4.79 Å². The largest absolute Gasteiger partial charge is 0.493 e. The summed E-state index contributed by atoms with van der Waals surface area (Å²) in [5, 5.41) is 0. The zero-order chi connectivity index (χ0) is 15.2. The van der Waals surface area contributed by atoms with Crippen LogP contribution in [0.5, 0.6) is 5.75 Å². The third-order valence-corrected chi connectivity index (χ3v) is 3.81. The van der Waals surface area contributed by atoms with E-state index in [-0.39, 0.29) is 5.78 Å². The third kappa shape index (κ3) is 3.79. The summed E-state index contributed by atoms with van der Waals surface area (Å²) in [7, 11) is 0. The molecule has 1 aromatic heterocycles. The minimum absolute atomic E-state index is 0.158. The van der Waals surface area contributed by atoms with Crippen LogP contribution in [0.2, 0.25) is 0 Å². The summed E-state index contributed by atoms with van der Waals surface area (Å²) < 4.78 is 5.80. The molecule has 1 aromatic carbocycles. The molecule has 1 saturated carbocycles. The molecule has 3 rings (SSSR count). The summed E-state index contributed by atoms with van der Waals surface area (Å²) >= 11 is 0. The van der Waals surface area contributed by atoms with E-state index in [4.69, 9.17) is 4.74 Å². The lowest BCUT2D eigenvalue weighted by molar-refractivity contribution is 0.104. The van der Waals surface area contributed by atoms with Gasteiger partial charge >= 0.3 is 0 Å². The van der Waals surface area contributed by atoms with Crippen molar-refractivity contribution >= 4 is 11.9 Å². The van der Waals surface area contributed by atoms with Crippen LogP contribution in [0.1, 0.15) is 35.3 Å². The number of aromatic nitrogens is 2. The number of nitrogens with zero attached hydrogens (tertiary/aromatic N) is 2. The highest BCUT2D eigenvalue weighted by Crippen LogP contribution is 2.27. The lowest BCUT2D eigenvalue weighted by atomic mass is 9.86. The van der Waals surface area contributed by atoms with Gasteiger partial charge in [0, 0.05) is 12.4 Å². The number of benzene rings is 1. The van der Waals surface area contributed by atoms with E-state index in [1.807, 2.05) is 24.3 Å². The van der Waals surface area contributed by atoms with Gasteiger partial charge in [-0.1, -0.05) is 24.6 Å². The van der Waals surface area contributed by atoms with Gasteiger partial charge in [0.25, 0.3) is 0 Å². The Hall–Kier alpha value is -2.49. The molecule has 4 nitrogen and oxygen atoms in total. The monoisotopic (exact) mass is 294 g/mol. The van der Waals surface area contributed by atoms with Crippen LogP contribution in [0.15, 0.2) is 48.9 Å². The van der Waals surface area contributed by atoms with E-state index >= 15 is 0 Å². The molecule has 2 aromatic rings. The maximum Gasteiger partial charge on any atom is 0.205 e. The number of ether oxygens (including phenoxy) is 1. The Morgan fingerprint density at radius 3 is 2.95 bits per heavy atom. The number of hydrogen-bond acceptors (Lipinski definition) is 4. The van der Waals surface area contributed by atoms with Crippen molar-refractivity contribution in [2.75, 3.05) is 6.61 Å². The van der Waals surface area contributed by atoms with Crippen LogP contribution in [0.25, 0.3) is 6.08 Å². The van der Waals surface area contributed by atoms with Crippen molar-refractivity contribution < 1.29 is 9.53 Å². The van der Waals surface area contributed by atoms with Crippen molar-refractivity contribution in [3.63, 3.8) is 0 Å². The highest BCUT2D eigenvalue weighted by Gasteiger charge is 2.17. The summed E-state index contributed by atoms with van der Waals surface area (Å²) in [5.74, 6) is 1.40. The summed E-state index contributed by atoms with van der Waals surface area (Å²) in [5.41, 5.74) is 1.28. The van der Waals surface area contributed by atoms with E-state index in [1.54, 1.807) is 12.3 Å². The smallest absolute Gasteiger partial charge is 0.205 e. The van der Waals surface area contributed by atoms with Crippen molar-refractivity contribution in [1.82, 2.24) is 9.97 Å². The van der Waals surface area contributed by atoms with Crippen LogP contribution in [0.4, 0.5) is 0 Å². The van der Waals surface area contributed by atoms with Gasteiger partial charge in [-0.2, -0.15) is 0 Å². The van der Waals surface area contributed by atoms with Crippen molar-refractivity contribution in [2.45, 2.75) is 19.3 Å². The minimum atomic E-state index is -0.158. The summed E-state index contributed by atoms with van der Waals surface area (Å²) in [6, 6.07) is 7.76. The zero-order valence-electron chi connectivity index (χ0n) is 12.3. The fourth-order valence-corrected chi connectivity index (χ4v) is 2.27. The van der Waals surface area contributed by atoms with E-state index < -0.39 is 0 Å². The standard InChI is InChI=1S/C18H18N2O2/c21-18(17-12-19-9-10-20-17)8-7-14-3-2-6-16(11-14)22-13-15-4-1-5-15/h2-3,6-12,15H,1,4-5,13H2/b8-7+. The average molecular weight is 294 g/mol. The van der Waals surface area contributed by atoms with Crippen molar-refractivity contribution in [3.8, 4) is 5.75 Å². The second-order valence-corrected chi connectivity index (χ2v) is 5.47. The van der Waals surface area contributed by atoms with Crippen molar-refractivity contribution in [3.05, 3.63) is 60.2 Å². The van der Waals surface area contributed by atoms with Crippen LogP contribution < -0.4 is 4.74 Å². The number of hydrogen-bond donors (Lipinski definition) is 0. The molecule has 0 amide bonds. The van der Waals surface area contributed by atoms with Gasteiger partial charge in [-0.25, -0.2) is 4.98 Å². The molecule has 1 fully saturated rings. The Labute approximate surface area is 129 Å². The van der Waals surface area contributed by atoms with Gasteiger partial charge in [0.15, 0.2) is 0 Å². The number of carbonyl (C=O) groups is 1. The molecule has 0 atom stereocenters. The molecule has 112 valence electrons. The van der Waals surface area contributed by atoms with Crippen molar-refractivity contribution in [1.29, 1.82) is 0 Å². The number of carbonyl (C=O) groups excluding carboxylic acids is 1. The first-order chi connectivity index (χ1) is 10.8. The van der Waals surface area contributed by atoms with Crippen LogP contribution in [-0.2, 0) is 0 Å². The molecule has 0 saturated heterocycles. The molecule has 1 aliphatic rings. The predicted octanol–water partition coefficient (Wildman–Crippen LogP) is 3.55. The molecular formula is C18H18N2O2. The van der Waals surface area contributed by atoms with Gasteiger partial charge in [0.1, 0.15) is 11.4 Å². The van der Waals surface area contributed by atoms with E-state index in [2.05, 4.69) is 9.97 Å². The minimum Gasteiger partial charge on any atom is -0.493 e. The molecule has 0 bridgehead atoms. The molecule has 0 unspecified atom stereocenters. The van der Waals surface area contributed by atoms with Gasteiger partial charge in [0.05, 0.1) is 12.8 Å². The Kier molecular flexibility index (Phi) is 4.59. The molecule has 1 aliphatic carbocycles. The third-order valence-electron chi connectivity index (χ3n) is 3.81. The molecule has 22 heavy (non-hydrogen) atoms. The van der Waals surface area contributed by atoms with Gasteiger partial charge in [-0.15, -0.1) is 0 Å². The quantitative estimate of drug-likeness (QED) is 0.604. The lowest BCUT2D eigenvalue weighted by Crippen LogP contribution is -2.19. The summed E-state index contributed by atoms with van der Waals surface area (Å²) in [6.45, 7) is 0.783. The maximum absolute atomic E-state index is 11.9. The van der Waals surface area contributed by atoms with Crippen molar-refractivity contribution in [2.24, 2.45) is 5.92 Å². The van der Waals surface area contributed by atoms with Crippen LogP contribution in [0, 0.1) is 5.92 Å². The van der Waals surface area contributed by atoms with E-state index in [1.165, 1.54) is 37.7 Å². The Bertz CT molecular complexity index is 664. The van der Waals surface area contributed by atoms with Crippen LogP contribution in [0.3, 0.4) is 0 Å². The Balaban J connectivity index is 1.61. The summed E-state index contributed by atoms with van der Waals surface area (Å²) in [4.78, 5) is 19.8. The molecule has 4 heteroatoms. The second-order valence-electron chi connectivity index (χ2n) is 5.47. The average Bonchev–Trinajstić information content (AvgIpc) is 2.52. The fraction of sp³-hybridized carbons (Fsp3) is 0.278. The first kappa shape index (κ1) is 14.4.